The second-order valence-corrected chi connectivity index (χ2v) is 7.83. The molecule has 3 nitrogen and oxygen atoms in total. The molecule has 1 heterocycles. The highest BCUT2D eigenvalue weighted by molar-refractivity contribution is 8.00. The molecule has 0 saturated carbocycles. The molecule has 0 amide bonds. The van der Waals surface area contributed by atoms with Gasteiger partial charge in [0, 0.05) is 40.9 Å². The van der Waals surface area contributed by atoms with E-state index in [-0.39, 0.29) is 6.04 Å². The van der Waals surface area contributed by atoms with Gasteiger partial charge in [0.1, 0.15) is 5.75 Å². The van der Waals surface area contributed by atoms with Crippen molar-refractivity contribution in [3.63, 3.8) is 0 Å². The highest BCUT2D eigenvalue weighted by atomic mass is 32.2. The summed E-state index contributed by atoms with van der Waals surface area (Å²) in [5.41, 5.74) is 8.54. The smallest absolute Gasteiger partial charge is 0.125 e. The molecule has 20 heavy (non-hydrogen) atoms. The topological polar surface area (TPSA) is 38.5 Å². The lowest BCUT2D eigenvalue weighted by molar-refractivity contribution is 0.407. The molecule has 1 aliphatic rings. The van der Waals surface area contributed by atoms with Crippen LogP contribution in [0.3, 0.4) is 0 Å². The Kier molecular flexibility index (Phi) is 4.86. The summed E-state index contributed by atoms with van der Waals surface area (Å²) >= 11 is 2.06. The van der Waals surface area contributed by atoms with Gasteiger partial charge in [-0.3, -0.25) is 0 Å². The van der Waals surface area contributed by atoms with Crippen LogP contribution in [-0.4, -0.2) is 30.7 Å². The molecule has 1 unspecified atom stereocenters. The van der Waals surface area contributed by atoms with E-state index in [1.54, 1.807) is 7.11 Å². The average molecular weight is 294 g/mol. The normalized spacial score (nSPS) is 20.4. The van der Waals surface area contributed by atoms with E-state index in [9.17, 15) is 0 Å². The molecule has 1 fully saturated rings. The van der Waals surface area contributed by atoms with Gasteiger partial charge in [0.25, 0.3) is 0 Å². The minimum atomic E-state index is -0.0231. The molecule has 2 N–H and O–H groups in total. The number of hydrogen-bond acceptors (Lipinski definition) is 4. The van der Waals surface area contributed by atoms with E-state index in [1.165, 1.54) is 12.1 Å². The molecular weight excluding hydrogens is 268 g/mol. The third-order valence-electron chi connectivity index (χ3n) is 3.90. The average Bonchev–Trinajstić information content (AvgIpc) is 2.58. The van der Waals surface area contributed by atoms with Gasteiger partial charge in [0.05, 0.1) is 7.11 Å². The molecule has 1 aliphatic heterocycles. The molecule has 2 rings (SSSR count). The number of nitrogens with zero attached hydrogens (tertiary/aromatic N) is 1. The lowest BCUT2D eigenvalue weighted by atomic mass is 10.0. The number of benzene rings is 1. The minimum absolute atomic E-state index is 0.0231. The minimum Gasteiger partial charge on any atom is -0.496 e. The Morgan fingerprint density at radius 3 is 2.75 bits per heavy atom. The first-order valence-corrected chi connectivity index (χ1v) is 8.24. The van der Waals surface area contributed by atoms with E-state index >= 15 is 0 Å². The van der Waals surface area contributed by atoms with E-state index in [4.69, 9.17) is 10.5 Å². The number of thioether (sulfide) groups is 1. The van der Waals surface area contributed by atoms with Crippen molar-refractivity contribution in [3.05, 3.63) is 23.8 Å². The van der Waals surface area contributed by atoms with Crippen molar-refractivity contribution in [2.45, 2.75) is 38.0 Å². The van der Waals surface area contributed by atoms with Crippen LogP contribution in [-0.2, 0) is 0 Å². The van der Waals surface area contributed by atoms with Crippen LogP contribution in [0.2, 0.25) is 0 Å². The van der Waals surface area contributed by atoms with Crippen molar-refractivity contribution < 1.29 is 4.74 Å². The number of hydrogen-bond donors (Lipinski definition) is 1. The number of rotatable bonds is 3. The van der Waals surface area contributed by atoms with Crippen molar-refractivity contribution in [1.29, 1.82) is 0 Å². The standard InChI is InChI=1S/C16H26N2OS/c1-12(17)15-13(6-5-7-14(15)19-4)18-9-8-16(2,3)20-11-10-18/h5-7,12H,8-11,17H2,1-4H3. The molecule has 0 bridgehead atoms. The Bertz CT molecular complexity index is 460. The summed E-state index contributed by atoms with van der Waals surface area (Å²) in [5.74, 6) is 2.05. The fraction of sp³-hybridized carbons (Fsp3) is 0.625. The fourth-order valence-corrected chi connectivity index (χ4v) is 3.80. The van der Waals surface area contributed by atoms with Crippen molar-refractivity contribution in [3.8, 4) is 5.75 Å². The van der Waals surface area contributed by atoms with Crippen LogP contribution >= 0.6 is 11.8 Å². The van der Waals surface area contributed by atoms with Crippen LogP contribution in [0.5, 0.6) is 5.75 Å². The maximum Gasteiger partial charge on any atom is 0.125 e. The molecule has 1 aromatic carbocycles. The zero-order chi connectivity index (χ0) is 14.8. The van der Waals surface area contributed by atoms with Crippen molar-refractivity contribution in [2.24, 2.45) is 5.73 Å². The first kappa shape index (κ1) is 15.5. The summed E-state index contributed by atoms with van der Waals surface area (Å²) in [5, 5.41) is 0. The van der Waals surface area contributed by atoms with Gasteiger partial charge in [-0.25, -0.2) is 0 Å². The molecule has 112 valence electrons. The monoisotopic (exact) mass is 294 g/mol. The first-order chi connectivity index (χ1) is 9.44. The van der Waals surface area contributed by atoms with Crippen LogP contribution < -0.4 is 15.4 Å². The Labute approximate surface area is 126 Å². The number of ether oxygens (including phenoxy) is 1. The number of nitrogens with two attached hydrogens (primary N) is 1. The summed E-state index contributed by atoms with van der Waals surface area (Å²) in [7, 11) is 1.71. The molecule has 0 aromatic heterocycles. The van der Waals surface area contributed by atoms with Gasteiger partial charge in [0.15, 0.2) is 0 Å². The molecule has 0 spiro atoms. The maximum atomic E-state index is 6.18. The Hall–Kier alpha value is -0.870. The molecule has 1 aromatic rings. The summed E-state index contributed by atoms with van der Waals surface area (Å²) < 4.78 is 5.86. The SMILES string of the molecule is COc1cccc(N2CCSC(C)(C)CC2)c1C(C)N. The van der Waals surface area contributed by atoms with Gasteiger partial charge in [-0.1, -0.05) is 19.9 Å². The van der Waals surface area contributed by atoms with Gasteiger partial charge < -0.3 is 15.4 Å². The predicted octanol–water partition coefficient (Wildman–Crippen LogP) is 3.44. The van der Waals surface area contributed by atoms with Crippen LogP contribution in [0.15, 0.2) is 18.2 Å². The van der Waals surface area contributed by atoms with E-state index in [0.717, 1.165) is 30.2 Å². The highest BCUT2D eigenvalue weighted by Crippen LogP contribution is 2.37. The second-order valence-electron chi connectivity index (χ2n) is 6.03. The van der Waals surface area contributed by atoms with E-state index in [0.29, 0.717) is 4.75 Å². The largest absolute Gasteiger partial charge is 0.496 e. The lowest BCUT2D eigenvalue weighted by Gasteiger charge is -2.28. The van der Waals surface area contributed by atoms with Crippen LogP contribution in [0.1, 0.15) is 38.8 Å². The van der Waals surface area contributed by atoms with Crippen molar-refractivity contribution >= 4 is 17.4 Å². The first-order valence-electron chi connectivity index (χ1n) is 7.26. The molecule has 0 radical (unpaired) electrons. The molecule has 1 atom stereocenters. The third-order valence-corrected chi connectivity index (χ3v) is 5.27. The van der Waals surface area contributed by atoms with Gasteiger partial charge in [-0.2, -0.15) is 11.8 Å². The van der Waals surface area contributed by atoms with Crippen LogP contribution in [0.4, 0.5) is 5.69 Å². The van der Waals surface area contributed by atoms with E-state index in [2.05, 4.69) is 42.6 Å². The predicted molar refractivity (Wildman–Crippen MR) is 89.0 cm³/mol. The van der Waals surface area contributed by atoms with Gasteiger partial charge in [-0.05, 0) is 25.5 Å². The summed E-state index contributed by atoms with van der Waals surface area (Å²) in [6.45, 7) is 8.84. The number of anilines is 1. The highest BCUT2D eigenvalue weighted by Gasteiger charge is 2.26. The van der Waals surface area contributed by atoms with Crippen LogP contribution in [0.25, 0.3) is 0 Å². The summed E-state index contributed by atoms with van der Waals surface area (Å²) in [4.78, 5) is 2.46. The summed E-state index contributed by atoms with van der Waals surface area (Å²) in [6, 6.07) is 6.21. The fourth-order valence-electron chi connectivity index (χ4n) is 2.71. The zero-order valence-electron chi connectivity index (χ0n) is 13.0. The van der Waals surface area contributed by atoms with Gasteiger partial charge in [-0.15, -0.1) is 0 Å². The Morgan fingerprint density at radius 2 is 2.10 bits per heavy atom. The third kappa shape index (κ3) is 3.41. The van der Waals surface area contributed by atoms with E-state index in [1.807, 2.05) is 13.0 Å². The summed E-state index contributed by atoms with van der Waals surface area (Å²) in [6.07, 6.45) is 1.19. The van der Waals surface area contributed by atoms with Crippen molar-refractivity contribution in [1.82, 2.24) is 0 Å². The lowest BCUT2D eigenvalue weighted by Crippen LogP contribution is -2.29. The zero-order valence-corrected chi connectivity index (χ0v) is 13.8. The molecular formula is C16H26N2OS. The Morgan fingerprint density at radius 1 is 1.35 bits per heavy atom. The van der Waals surface area contributed by atoms with Crippen LogP contribution in [0, 0.1) is 0 Å². The van der Waals surface area contributed by atoms with E-state index < -0.39 is 0 Å². The van der Waals surface area contributed by atoms with Gasteiger partial charge >= 0.3 is 0 Å². The van der Waals surface area contributed by atoms with Crippen molar-refractivity contribution in [2.75, 3.05) is 30.9 Å². The maximum absolute atomic E-state index is 6.18. The number of methoxy groups -OCH3 is 1. The molecule has 4 heteroatoms. The molecule has 0 aliphatic carbocycles. The quantitative estimate of drug-likeness (QED) is 0.927. The molecule has 1 saturated heterocycles. The van der Waals surface area contributed by atoms with Gasteiger partial charge in [0.2, 0.25) is 0 Å². The Balaban J connectivity index is 2.32. The second kappa shape index (κ2) is 6.27.